The molecule has 5 rings (SSSR count). The molecule has 4 heteroatoms. The van der Waals surface area contributed by atoms with Crippen molar-refractivity contribution in [2.45, 2.75) is 27.7 Å². The van der Waals surface area contributed by atoms with E-state index < -0.39 is 0 Å². The van der Waals surface area contributed by atoms with Crippen molar-refractivity contribution in [2.24, 2.45) is 9.98 Å². The maximum atomic E-state index is 4.87. The summed E-state index contributed by atoms with van der Waals surface area (Å²) in [6.07, 6.45) is 10.4. The first kappa shape index (κ1) is 16.8. The average Bonchev–Trinajstić information content (AvgIpc) is 3.49. The topological polar surface area (TPSA) is 56.3 Å². The van der Waals surface area contributed by atoms with Crippen LogP contribution in [0, 0.1) is 0 Å². The van der Waals surface area contributed by atoms with Crippen LogP contribution in [0.25, 0.3) is 16.7 Å². The second kappa shape index (κ2) is 6.06. The molecule has 0 fully saturated rings. The molecule has 0 saturated carbocycles. The van der Waals surface area contributed by atoms with Gasteiger partial charge >= 0.3 is 0 Å². The van der Waals surface area contributed by atoms with Gasteiger partial charge in [-0.2, -0.15) is 0 Å². The molecule has 0 unspecified atom stereocenters. The zero-order chi connectivity index (χ0) is 19.4. The van der Waals surface area contributed by atoms with Crippen LogP contribution in [0.1, 0.15) is 39.0 Å². The Kier molecular flexibility index (Phi) is 3.63. The van der Waals surface area contributed by atoms with Crippen LogP contribution in [-0.4, -0.2) is 21.4 Å². The number of hydrogen-bond acceptors (Lipinski definition) is 2. The molecule has 28 heavy (non-hydrogen) atoms. The third-order valence-electron chi connectivity index (χ3n) is 5.83. The summed E-state index contributed by atoms with van der Waals surface area (Å²) in [7, 11) is 0. The van der Waals surface area contributed by atoms with Crippen molar-refractivity contribution in [3.63, 3.8) is 0 Å². The van der Waals surface area contributed by atoms with Gasteiger partial charge in [0.2, 0.25) is 0 Å². The monoisotopic (exact) mass is 366 g/mol. The van der Waals surface area contributed by atoms with Crippen LogP contribution in [0.4, 0.5) is 0 Å². The van der Waals surface area contributed by atoms with Crippen molar-refractivity contribution < 1.29 is 0 Å². The number of H-pyrrole nitrogens is 2. The van der Waals surface area contributed by atoms with Crippen LogP contribution in [0.2, 0.25) is 0 Å². The third kappa shape index (κ3) is 2.53. The molecule has 5 heterocycles. The predicted octanol–water partition coefficient (Wildman–Crippen LogP) is 3.77. The number of nitrogens with one attached hydrogen (secondary N) is 2. The molecule has 2 aromatic heterocycles. The smallest absolute Gasteiger partial charge is 0.0688 e. The fourth-order valence-electron chi connectivity index (χ4n) is 3.78. The van der Waals surface area contributed by atoms with Gasteiger partial charge in [-0.25, -0.2) is 9.98 Å². The Morgan fingerprint density at radius 3 is 2.00 bits per heavy atom. The maximum absolute atomic E-state index is 4.87. The van der Waals surface area contributed by atoms with Gasteiger partial charge in [-0.15, -0.1) is 0 Å². The summed E-state index contributed by atoms with van der Waals surface area (Å²) in [4.78, 5) is 16.7. The molecule has 0 aromatic carbocycles. The van der Waals surface area contributed by atoms with Crippen LogP contribution >= 0.6 is 0 Å². The second-order valence-corrected chi connectivity index (χ2v) is 7.52. The first-order valence-electron chi connectivity index (χ1n) is 9.53. The van der Waals surface area contributed by atoms with Crippen molar-refractivity contribution in [1.29, 1.82) is 0 Å². The Hall–Kier alpha value is -3.40. The number of fused-ring (bicyclic) bond motifs is 6. The number of nitrogens with zero attached hydrogens (tertiary/aromatic N) is 2. The number of aromatic nitrogens is 2. The minimum Gasteiger partial charge on any atom is -0.361 e. The summed E-state index contributed by atoms with van der Waals surface area (Å²) in [6, 6.07) is 6.46. The lowest BCUT2D eigenvalue weighted by Gasteiger charge is -2.03. The van der Waals surface area contributed by atoms with Gasteiger partial charge in [0.05, 0.1) is 22.8 Å². The largest absolute Gasteiger partial charge is 0.361 e. The summed E-state index contributed by atoms with van der Waals surface area (Å²) in [5.41, 5.74) is 10.8. The summed E-state index contributed by atoms with van der Waals surface area (Å²) < 4.78 is 0. The van der Waals surface area contributed by atoms with E-state index in [-0.39, 0.29) is 0 Å². The van der Waals surface area contributed by atoms with E-state index in [2.05, 4.69) is 86.4 Å². The van der Waals surface area contributed by atoms with E-state index in [1.165, 1.54) is 5.57 Å². The summed E-state index contributed by atoms with van der Waals surface area (Å²) in [6.45, 7) is 8.46. The summed E-state index contributed by atoms with van der Waals surface area (Å²) >= 11 is 0. The van der Waals surface area contributed by atoms with E-state index in [1.807, 2.05) is 0 Å². The van der Waals surface area contributed by atoms with Gasteiger partial charge in [-0.05, 0) is 92.5 Å². The highest BCUT2D eigenvalue weighted by molar-refractivity contribution is 6.26. The molecule has 0 spiro atoms. The van der Waals surface area contributed by atoms with Gasteiger partial charge in [0, 0.05) is 28.2 Å². The molecule has 2 N–H and O–H groups in total. The number of allylic oxidation sites excluding steroid dienone is 6. The fourth-order valence-corrected chi connectivity index (χ4v) is 3.78. The number of hydrogen-bond donors (Lipinski definition) is 2. The molecule has 0 aliphatic carbocycles. The van der Waals surface area contributed by atoms with Crippen molar-refractivity contribution in [2.75, 3.05) is 0 Å². The molecule has 8 bridgehead atoms. The van der Waals surface area contributed by atoms with Crippen molar-refractivity contribution >= 4 is 28.1 Å². The van der Waals surface area contributed by atoms with E-state index >= 15 is 0 Å². The minimum absolute atomic E-state index is 0.974. The van der Waals surface area contributed by atoms with Crippen molar-refractivity contribution in [1.82, 2.24) is 9.97 Å². The predicted molar refractivity (Wildman–Crippen MR) is 117 cm³/mol. The molecule has 138 valence electrons. The molecule has 2 aromatic rings. The maximum Gasteiger partial charge on any atom is 0.0688 e. The summed E-state index contributed by atoms with van der Waals surface area (Å²) in [5, 5.41) is 2.20. The summed E-state index contributed by atoms with van der Waals surface area (Å²) in [5.74, 6) is 0. The SMILES string of the molecule is C/C1=C2\C=CC(=N2)/C(C)=c2/cc/c([nH]2)=C(\C)c2cc(c[nH]2)/C(C)=C2/C=CC1=N2. The first-order chi connectivity index (χ1) is 13.5. The zero-order valence-corrected chi connectivity index (χ0v) is 16.5. The molecule has 3 aliphatic rings. The fraction of sp³-hybridized carbons (Fsp3) is 0.167. The second-order valence-electron chi connectivity index (χ2n) is 7.52. The van der Waals surface area contributed by atoms with E-state index in [0.717, 1.165) is 61.5 Å². The van der Waals surface area contributed by atoms with Gasteiger partial charge in [0.25, 0.3) is 0 Å². The first-order valence-corrected chi connectivity index (χ1v) is 9.53. The Bertz CT molecular complexity index is 1330. The van der Waals surface area contributed by atoms with Gasteiger partial charge in [-0.1, -0.05) is 0 Å². The van der Waals surface area contributed by atoms with Crippen LogP contribution in [0.5, 0.6) is 0 Å². The zero-order valence-electron chi connectivity index (χ0n) is 16.5. The Balaban J connectivity index is 1.84. The molecule has 3 aliphatic heterocycles. The molecule has 0 amide bonds. The van der Waals surface area contributed by atoms with E-state index in [9.17, 15) is 0 Å². The van der Waals surface area contributed by atoms with Gasteiger partial charge in [0.1, 0.15) is 0 Å². The lowest BCUT2D eigenvalue weighted by atomic mass is 10.1. The lowest BCUT2D eigenvalue weighted by molar-refractivity contribution is 1.22. The number of aliphatic imine (C=N–C) groups is 2. The highest BCUT2D eigenvalue weighted by atomic mass is 14.8. The van der Waals surface area contributed by atoms with E-state index in [0.29, 0.717) is 0 Å². The van der Waals surface area contributed by atoms with Crippen molar-refractivity contribution in [3.8, 4) is 0 Å². The normalized spacial score (nSPS) is 27.4. The van der Waals surface area contributed by atoms with Gasteiger partial charge in [0.15, 0.2) is 0 Å². The molecule has 0 saturated heterocycles. The number of aromatic amines is 2. The molecular formula is C24H22N4. The Morgan fingerprint density at radius 1 is 0.679 bits per heavy atom. The molecule has 0 radical (unpaired) electrons. The molecule has 0 atom stereocenters. The Morgan fingerprint density at radius 2 is 1.29 bits per heavy atom. The average molecular weight is 366 g/mol. The van der Waals surface area contributed by atoms with Crippen LogP contribution in [0.3, 0.4) is 0 Å². The van der Waals surface area contributed by atoms with Crippen LogP contribution in [0.15, 0.2) is 75.7 Å². The lowest BCUT2D eigenvalue weighted by Crippen LogP contribution is -2.16. The minimum atomic E-state index is 0.974. The van der Waals surface area contributed by atoms with Gasteiger partial charge in [-0.3, -0.25) is 0 Å². The van der Waals surface area contributed by atoms with Crippen molar-refractivity contribution in [3.05, 3.63) is 87.6 Å². The number of rotatable bonds is 0. The highest BCUT2D eigenvalue weighted by Crippen LogP contribution is 2.28. The van der Waals surface area contributed by atoms with E-state index in [4.69, 9.17) is 9.98 Å². The molecular weight excluding hydrogens is 344 g/mol. The quantitative estimate of drug-likeness (QED) is 0.713. The Labute approximate surface area is 163 Å². The van der Waals surface area contributed by atoms with Crippen LogP contribution in [-0.2, 0) is 0 Å². The van der Waals surface area contributed by atoms with E-state index in [1.54, 1.807) is 0 Å². The standard InChI is InChI=1S/C24H22N4/c1-13-17-11-24(25-12-17)16(4)23-10-9-22(28-23)15(3)21-8-7-20(27-21)14(2)19-6-5-18(13)26-19/h5-12,25,28H,1-4H3/b18-13-,20-14-,22-15-,23-16-. The highest BCUT2D eigenvalue weighted by Gasteiger charge is 2.16. The van der Waals surface area contributed by atoms with Crippen LogP contribution < -0.4 is 10.7 Å². The van der Waals surface area contributed by atoms with Gasteiger partial charge < -0.3 is 9.97 Å². The molecule has 4 nitrogen and oxygen atoms in total. The third-order valence-corrected chi connectivity index (χ3v) is 5.83.